The molecule has 0 radical (unpaired) electrons. The van der Waals surface area contributed by atoms with Gasteiger partial charge >= 0.3 is 5.97 Å². The van der Waals surface area contributed by atoms with E-state index in [1.165, 1.54) is 12.1 Å². The lowest BCUT2D eigenvalue weighted by atomic mass is 9.36. The zero-order valence-electron chi connectivity index (χ0n) is 11.0. The second-order valence-corrected chi connectivity index (χ2v) is 6.03. The molecule has 2 amide bonds. The highest BCUT2D eigenvalue weighted by Gasteiger charge is 2.73. The van der Waals surface area contributed by atoms with E-state index in [2.05, 4.69) is 6.07 Å². The van der Waals surface area contributed by atoms with E-state index in [1.807, 2.05) is 0 Å². The third kappa shape index (κ3) is 1.33. The van der Waals surface area contributed by atoms with Crippen LogP contribution in [0.15, 0.2) is 24.3 Å². The topological polar surface area (TPSA) is 87.5 Å². The summed E-state index contributed by atoms with van der Waals surface area (Å²) in [6, 6.07) is 8.53. The number of rotatable bonds is 2. The third-order valence-electron chi connectivity index (χ3n) is 4.63. The summed E-state index contributed by atoms with van der Waals surface area (Å²) >= 11 is 0. The minimum atomic E-state index is -0.676. The Bertz CT molecular complexity index is 706. The molecule has 6 nitrogen and oxygen atoms in total. The third-order valence-corrected chi connectivity index (χ3v) is 4.63. The van der Waals surface area contributed by atoms with Gasteiger partial charge in [-0.25, -0.2) is 4.79 Å². The zero-order valence-corrected chi connectivity index (χ0v) is 11.0. The van der Waals surface area contributed by atoms with Crippen molar-refractivity contribution in [1.82, 2.24) is 5.06 Å². The molecule has 0 saturated heterocycles. The quantitative estimate of drug-likeness (QED) is 0.766. The molecule has 5 rings (SSSR count). The molecule has 104 valence electrons. The molecule has 0 atom stereocenters. The fourth-order valence-corrected chi connectivity index (χ4v) is 3.55. The maximum Gasteiger partial charge on any atom is 0.339 e. The summed E-state index contributed by atoms with van der Waals surface area (Å²) in [6.07, 6.45) is 1.37. The number of imide groups is 1. The summed E-state index contributed by atoms with van der Waals surface area (Å²) in [4.78, 5) is 41.4. The lowest BCUT2D eigenvalue weighted by Crippen LogP contribution is -2.65. The SMILES string of the molecule is N#CC12CC(C(=O)ON3C(=O)c4ccccc4C3=O)(C1)C2. The van der Waals surface area contributed by atoms with Crippen molar-refractivity contribution in [3.63, 3.8) is 0 Å². The van der Waals surface area contributed by atoms with Gasteiger partial charge in [-0.15, -0.1) is 0 Å². The van der Waals surface area contributed by atoms with Crippen molar-refractivity contribution in [1.29, 1.82) is 5.26 Å². The number of amides is 2. The van der Waals surface area contributed by atoms with Crippen LogP contribution in [0, 0.1) is 22.2 Å². The first-order chi connectivity index (χ1) is 10.0. The molecular weight excluding hydrogens is 272 g/mol. The number of nitrogens with zero attached hydrogens (tertiary/aromatic N) is 2. The molecule has 0 unspecified atom stereocenters. The Morgan fingerprint density at radius 3 is 2.14 bits per heavy atom. The Morgan fingerprint density at radius 1 is 1.14 bits per heavy atom. The van der Waals surface area contributed by atoms with Crippen molar-refractivity contribution in [2.75, 3.05) is 0 Å². The summed E-state index contributed by atoms with van der Waals surface area (Å²) < 4.78 is 0. The van der Waals surface area contributed by atoms with Crippen molar-refractivity contribution < 1.29 is 19.2 Å². The Morgan fingerprint density at radius 2 is 1.67 bits per heavy atom. The largest absolute Gasteiger partial charge is 0.339 e. The molecule has 3 fully saturated rings. The van der Waals surface area contributed by atoms with Crippen LogP contribution in [0.4, 0.5) is 0 Å². The highest BCUT2D eigenvalue weighted by atomic mass is 16.7. The Labute approximate surface area is 119 Å². The Balaban J connectivity index is 1.53. The van der Waals surface area contributed by atoms with E-state index in [1.54, 1.807) is 12.1 Å². The number of carbonyl (C=O) groups excluding carboxylic acids is 3. The number of hydrogen-bond acceptors (Lipinski definition) is 5. The predicted molar refractivity (Wildman–Crippen MR) is 67.4 cm³/mol. The van der Waals surface area contributed by atoms with E-state index in [-0.39, 0.29) is 16.5 Å². The molecule has 21 heavy (non-hydrogen) atoms. The monoisotopic (exact) mass is 282 g/mol. The molecule has 0 aromatic heterocycles. The molecule has 3 aliphatic carbocycles. The van der Waals surface area contributed by atoms with E-state index in [4.69, 9.17) is 10.1 Å². The summed E-state index contributed by atoms with van der Waals surface area (Å²) in [6.45, 7) is 0. The highest BCUT2D eigenvalue weighted by Crippen LogP contribution is 2.73. The van der Waals surface area contributed by atoms with Gasteiger partial charge in [-0.2, -0.15) is 5.26 Å². The molecule has 0 spiro atoms. The summed E-state index contributed by atoms with van der Waals surface area (Å²) in [7, 11) is 0. The van der Waals surface area contributed by atoms with E-state index >= 15 is 0 Å². The van der Waals surface area contributed by atoms with Crippen LogP contribution in [0.5, 0.6) is 0 Å². The number of nitriles is 1. The Kier molecular flexibility index (Phi) is 2.01. The van der Waals surface area contributed by atoms with Crippen LogP contribution < -0.4 is 0 Å². The van der Waals surface area contributed by atoms with E-state index in [0.29, 0.717) is 24.3 Å². The number of hydroxylamine groups is 2. The van der Waals surface area contributed by atoms with Crippen molar-refractivity contribution in [2.45, 2.75) is 19.3 Å². The van der Waals surface area contributed by atoms with E-state index in [9.17, 15) is 14.4 Å². The van der Waals surface area contributed by atoms with Gasteiger partial charge in [-0.3, -0.25) is 9.59 Å². The fourth-order valence-electron chi connectivity index (χ4n) is 3.55. The first-order valence-electron chi connectivity index (χ1n) is 6.62. The molecule has 3 saturated carbocycles. The lowest BCUT2D eigenvalue weighted by molar-refractivity contribution is -0.228. The van der Waals surface area contributed by atoms with E-state index in [0.717, 1.165) is 0 Å². The number of benzene rings is 1. The molecule has 2 bridgehead atoms. The number of carbonyl (C=O) groups is 3. The van der Waals surface area contributed by atoms with Crippen LogP contribution in [0.25, 0.3) is 0 Å². The first kappa shape index (κ1) is 12.1. The van der Waals surface area contributed by atoms with Gasteiger partial charge in [0, 0.05) is 0 Å². The first-order valence-corrected chi connectivity index (χ1v) is 6.62. The number of hydrogen-bond donors (Lipinski definition) is 0. The molecule has 0 N–H and O–H groups in total. The minimum Gasteiger partial charge on any atom is -0.329 e. The summed E-state index contributed by atoms with van der Waals surface area (Å²) in [5.74, 6) is -1.83. The van der Waals surface area contributed by atoms with Crippen molar-refractivity contribution in [3.05, 3.63) is 35.4 Å². The predicted octanol–water partition coefficient (Wildman–Crippen LogP) is 1.43. The maximum absolute atomic E-state index is 12.2. The Hall–Kier alpha value is -2.68. The van der Waals surface area contributed by atoms with Gasteiger partial charge in [0.25, 0.3) is 11.8 Å². The van der Waals surface area contributed by atoms with Crippen LogP contribution in [-0.4, -0.2) is 22.8 Å². The number of fused-ring (bicyclic) bond motifs is 1. The molecule has 1 aromatic carbocycles. The standard InChI is InChI=1S/C15H10N2O4/c16-8-14-5-15(6-14,7-14)13(20)21-17-11(18)9-3-1-2-4-10(9)12(17)19/h1-4H,5-7H2. The van der Waals surface area contributed by atoms with Gasteiger partial charge in [-0.1, -0.05) is 17.2 Å². The molecular formula is C15H10N2O4. The van der Waals surface area contributed by atoms with Gasteiger partial charge in [-0.05, 0) is 31.4 Å². The van der Waals surface area contributed by atoms with Gasteiger partial charge in [0.1, 0.15) is 0 Å². The highest BCUT2D eigenvalue weighted by molar-refractivity contribution is 6.21. The summed E-state index contributed by atoms with van der Waals surface area (Å²) in [5.41, 5.74) is -0.589. The summed E-state index contributed by atoms with van der Waals surface area (Å²) in [5, 5.41) is 9.48. The molecule has 6 heteroatoms. The normalized spacial score (nSPS) is 31.9. The second-order valence-electron chi connectivity index (χ2n) is 6.03. The maximum atomic E-state index is 12.2. The van der Waals surface area contributed by atoms with Crippen molar-refractivity contribution in [3.8, 4) is 6.07 Å². The van der Waals surface area contributed by atoms with E-state index < -0.39 is 23.2 Å². The average molecular weight is 282 g/mol. The van der Waals surface area contributed by atoms with Gasteiger partial charge in [0.2, 0.25) is 0 Å². The molecule has 1 aromatic rings. The second kappa shape index (κ2) is 3.50. The minimum absolute atomic E-state index is 0.237. The average Bonchev–Trinajstić information content (AvgIpc) is 2.62. The van der Waals surface area contributed by atoms with Gasteiger partial charge in [0.15, 0.2) is 0 Å². The van der Waals surface area contributed by atoms with Gasteiger partial charge < -0.3 is 4.84 Å². The van der Waals surface area contributed by atoms with Crippen LogP contribution in [0.3, 0.4) is 0 Å². The fraction of sp³-hybridized carbons (Fsp3) is 0.333. The van der Waals surface area contributed by atoms with Crippen LogP contribution >= 0.6 is 0 Å². The van der Waals surface area contributed by atoms with Crippen molar-refractivity contribution in [2.24, 2.45) is 10.8 Å². The van der Waals surface area contributed by atoms with Crippen LogP contribution in [0.1, 0.15) is 40.0 Å². The van der Waals surface area contributed by atoms with Crippen LogP contribution in [0.2, 0.25) is 0 Å². The molecule has 1 heterocycles. The lowest BCUT2D eigenvalue weighted by Gasteiger charge is -2.64. The van der Waals surface area contributed by atoms with Crippen molar-refractivity contribution >= 4 is 17.8 Å². The molecule has 1 aliphatic heterocycles. The smallest absolute Gasteiger partial charge is 0.329 e. The zero-order chi connectivity index (χ0) is 14.8. The van der Waals surface area contributed by atoms with Gasteiger partial charge in [0.05, 0.1) is 28.0 Å². The molecule has 4 aliphatic rings. The van der Waals surface area contributed by atoms with Crippen LogP contribution in [-0.2, 0) is 9.63 Å².